The number of rotatable bonds is 3. The van der Waals surface area contributed by atoms with Crippen LogP contribution in [-0.2, 0) is 18.0 Å². The molecule has 0 amide bonds. The van der Waals surface area contributed by atoms with E-state index in [1.54, 1.807) is 12.5 Å². The van der Waals surface area contributed by atoms with E-state index < -0.39 is 0 Å². The first-order valence-electron chi connectivity index (χ1n) is 8.82. The molecule has 0 saturated heterocycles. The third-order valence-corrected chi connectivity index (χ3v) is 4.82. The highest BCUT2D eigenvalue weighted by Gasteiger charge is 2.21. The summed E-state index contributed by atoms with van der Waals surface area (Å²) in [6.45, 7) is 1.17. The molecule has 0 atom stereocenters. The fourth-order valence-electron chi connectivity index (χ4n) is 3.46. The molecule has 8 heteroatoms. The van der Waals surface area contributed by atoms with Crippen molar-refractivity contribution in [2.45, 2.75) is 13.2 Å². The van der Waals surface area contributed by atoms with Gasteiger partial charge in [-0.15, -0.1) is 0 Å². The number of nitrogens with zero attached hydrogens (tertiary/aromatic N) is 4. The van der Waals surface area contributed by atoms with Gasteiger partial charge in [0, 0.05) is 35.0 Å². The summed E-state index contributed by atoms with van der Waals surface area (Å²) in [4.78, 5) is 24.0. The fourth-order valence-corrected chi connectivity index (χ4v) is 3.46. The van der Waals surface area contributed by atoms with Crippen LogP contribution in [0.4, 0.5) is 0 Å². The number of hydrogen-bond donors (Lipinski definition) is 0. The molecule has 0 unspecified atom stereocenters. The van der Waals surface area contributed by atoms with Crippen molar-refractivity contribution in [3.05, 3.63) is 60.4 Å². The topological polar surface area (TPSA) is 80.5 Å². The summed E-state index contributed by atoms with van der Waals surface area (Å²) in [5.41, 5.74) is 3.53. The summed E-state index contributed by atoms with van der Waals surface area (Å²) in [7, 11) is 0. The number of benzene rings is 2. The molecule has 2 aliphatic rings. The van der Waals surface area contributed by atoms with Gasteiger partial charge in [-0.1, -0.05) is 12.1 Å². The molecule has 4 heterocycles. The molecule has 28 heavy (non-hydrogen) atoms. The second kappa shape index (κ2) is 5.93. The Hall–Kier alpha value is -3.65. The van der Waals surface area contributed by atoms with Gasteiger partial charge in [-0.2, -0.15) is 4.89 Å². The standard InChI is InChI=1S/C20H14N4O4/c1-2-13-9-27-28-16(13)5-12(1)20-14-6-17-18(26-11-25-17)7-15(14)22-19(23-20)8-24-4-3-21-10-24/h1-7,10H,8-9,11H2. The van der Waals surface area contributed by atoms with E-state index in [9.17, 15) is 0 Å². The van der Waals surface area contributed by atoms with Crippen molar-refractivity contribution >= 4 is 10.9 Å². The Morgan fingerprint density at radius 3 is 2.82 bits per heavy atom. The van der Waals surface area contributed by atoms with Crippen LogP contribution in [0.15, 0.2) is 49.1 Å². The van der Waals surface area contributed by atoms with E-state index in [1.165, 1.54) is 0 Å². The Kier molecular flexibility index (Phi) is 3.26. The number of hydrogen-bond acceptors (Lipinski definition) is 7. The van der Waals surface area contributed by atoms with Crippen LogP contribution in [0, 0.1) is 0 Å². The van der Waals surface area contributed by atoms with Crippen LogP contribution < -0.4 is 14.4 Å². The number of imidazole rings is 1. The van der Waals surface area contributed by atoms with Crippen molar-refractivity contribution in [3.8, 4) is 28.5 Å². The Balaban J connectivity index is 1.56. The molecule has 2 aliphatic heterocycles. The van der Waals surface area contributed by atoms with Gasteiger partial charge in [0.2, 0.25) is 6.79 Å². The van der Waals surface area contributed by atoms with Crippen LogP contribution in [0.1, 0.15) is 11.4 Å². The van der Waals surface area contributed by atoms with Gasteiger partial charge in [0.05, 0.1) is 24.1 Å². The first-order valence-corrected chi connectivity index (χ1v) is 8.82. The molecule has 2 aromatic carbocycles. The predicted molar refractivity (Wildman–Crippen MR) is 97.8 cm³/mol. The average Bonchev–Trinajstić information content (AvgIpc) is 3.46. The minimum Gasteiger partial charge on any atom is -0.454 e. The van der Waals surface area contributed by atoms with E-state index in [4.69, 9.17) is 29.2 Å². The third-order valence-electron chi connectivity index (χ3n) is 4.82. The van der Waals surface area contributed by atoms with Gasteiger partial charge in [-0.3, -0.25) is 0 Å². The van der Waals surface area contributed by atoms with Gasteiger partial charge >= 0.3 is 0 Å². The molecule has 2 aromatic heterocycles. The maximum atomic E-state index is 5.55. The minimum atomic E-state index is 0.209. The molecule has 138 valence electrons. The van der Waals surface area contributed by atoms with Gasteiger partial charge in [-0.25, -0.2) is 15.0 Å². The number of aromatic nitrogens is 4. The maximum Gasteiger partial charge on any atom is 0.231 e. The highest BCUT2D eigenvalue weighted by Crippen LogP contribution is 2.39. The Morgan fingerprint density at radius 2 is 1.93 bits per heavy atom. The van der Waals surface area contributed by atoms with Crippen LogP contribution in [-0.4, -0.2) is 26.3 Å². The van der Waals surface area contributed by atoms with Crippen LogP contribution >= 0.6 is 0 Å². The predicted octanol–water partition coefficient (Wildman–Crippen LogP) is 3.09. The highest BCUT2D eigenvalue weighted by atomic mass is 17.2. The Bertz CT molecular complexity index is 1210. The number of ether oxygens (including phenoxy) is 2. The second-order valence-corrected chi connectivity index (χ2v) is 6.61. The zero-order valence-electron chi connectivity index (χ0n) is 14.7. The van der Waals surface area contributed by atoms with Crippen LogP contribution in [0.3, 0.4) is 0 Å². The van der Waals surface area contributed by atoms with Gasteiger partial charge in [0.1, 0.15) is 12.4 Å². The summed E-state index contributed by atoms with van der Waals surface area (Å²) < 4.78 is 13.0. The van der Waals surface area contributed by atoms with Crippen molar-refractivity contribution in [1.29, 1.82) is 0 Å². The fraction of sp³-hybridized carbons (Fsp3) is 0.150. The van der Waals surface area contributed by atoms with Crippen LogP contribution in [0.5, 0.6) is 17.2 Å². The number of fused-ring (bicyclic) bond motifs is 3. The molecule has 0 fully saturated rings. The zero-order chi connectivity index (χ0) is 18.5. The van der Waals surface area contributed by atoms with E-state index >= 15 is 0 Å². The largest absolute Gasteiger partial charge is 0.454 e. The molecule has 0 aliphatic carbocycles. The summed E-state index contributed by atoms with van der Waals surface area (Å²) >= 11 is 0. The summed E-state index contributed by atoms with van der Waals surface area (Å²) in [6, 6.07) is 9.78. The van der Waals surface area contributed by atoms with Crippen molar-refractivity contribution in [2.24, 2.45) is 0 Å². The normalized spacial score (nSPS) is 14.3. The molecule has 0 bridgehead atoms. The first kappa shape index (κ1) is 15.4. The molecule has 4 aromatic rings. The van der Waals surface area contributed by atoms with Gasteiger partial charge < -0.3 is 18.9 Å². The lowest BCUT2D eigenvalue weighted by molar-refractivity contribution is -0.194. The van der Waals surface area contributed by atoms with Gasteiger partial charge in [0.15, 0.2) is 17.2 Å². The molecule has 6 rings (SSSR count). The van der Waals surface area contributed by atoms with Crippen molar-refractivity contribution in [2.75, 3.05) is 6.79 Å². The quantitative estimate of drug-likeness (QED) is 0.510. The minimum absolute atomic E-state index is 0.209. The molecule has 0 radical (unpaired) electrons. The van der Waals surface area contributed by atoms with E-state index in [2.05, 4.69) is 4.98 Å². The Labute approximate surface area is 159 Å². The smallest absolute Gasteiger partial charge is 0.231 e. The molecule has 0 N–H and O–H groups in total. The lowest BCUT2D eigenvalue weighted by atomic mass is 10.0. The van der Waals surface area contributed by atoms with E-state index in [0.717, 1.165) is 27.7 Å². The molecule has 8 nitrogen and oxygen atoms in total. The Morgan fingerprint density at radius 1 is 1.00 bits per heavy atom. The summed E-state index contributed by atoms with van der Waals surface area (Å²) in [5.74, 6) is 2.77. The van der Waals surface area contributed by atoms with E-state index in [1.807, 2.05) is 41.1 Å². The van der Waals surface area contributed by atoms with Gasteiger partial charge in [0.25, 0.3) is 0 Å². The van der Waals surface area contributed by atoms with Gasteiger partial charge in [-0.05, 0) is 12.1 Å². The molecular formula is C20H14N4O4. The average molecular weight is 374 g/mol. The van der Waals surface area contributed by atoms with Crippen molar-refractivity contribution in [3.63, 3.8) is 0 Å². The van der Waals surface area contributed by atoms with E-state index in [-0.39, 0.29) is 6.79 Å². The molecule has 0 spiro atoms. The zero-order valence-corrected chi connectivity index (χ0v) is 14.7. The van der Waals surface area contributed by atoms with Crippen molar-refractivity contribution in [1.82, 2.24) is 19.5 Å². The highest BCUT2D eigenvalue weighted by molar-refractivity contribution is 5.94. The lowest BCUT2D eigenvalue weighted by Gasteiger charge is -2.11. The maximum absolute atomic E-state index is 5.55. The first-order chi connectivity index (χ1) is 13.8. The third kappa shape index (κ3) is 2.46. The molecule has 0 saturated carbocycles. The summed E-state index contributed by atoms with van der Waals surface area (Å²) in [6.07, 6.45) is 5.36. The van der Waals surface area contributed by atoms with Crippen LogP contribution in [0.25, 0.3) is 22.2 Å². The molecular weight excluding hydrogens is 360 g/mol. The van der Waals surface area contributed by atoms with E-state index in [0.29, 0.717) is 36.2 Å². The monoisotopic (exact) mass is 374 g/mol. The summed E-state index contributed by atoms with van der Waals surface area (Å²) in [5, 5.41) is 0.887. The lowest BCUT2D eigenvalue weighted by Crippen LogP contribution is -2.04. The second-order valence-electron chi connectivity index (χ2n) is 6.61. The van der Waals surface area contributed by atoms with Crippen molar-refractivity contribution < 1.29 is 19.2 Å². The van der Waals surface area contributed by atoms with Crippen LogP contribution in [0.2, 0.25) is 0 Å². The SMILES string of the molecule is c1cn(Cc2nc(-c3ccc4c(c3)OOC4)c3cc4c(cc3n2)OCO4)cn1.